The average molecular weight is 218 g/mol. The molecule has 14 heavy (non-hydrogen) atoms. The molecule has 4 nitrogen and oxygen atoms in total. The summed E-state index contributed by atoms with van der Waals surface area (Å²) in [6.07, 6.45) is -5.24. The third kappa shape index (κ3) is 4.06. The van der Waals surface area contributed by atoms with E-state index < -0.39 is 37.6 Å². The monoisotopic (exact) mass is 218 g/mol. The lowest BCUT2D eigenvalue weighted by Gasteiger charge is -2.04. The number of alkyl halides is 4. The maximum Gasteiger partial charge on any atom is 0.392 e. The van der Waals surface area contributed by atoms with E-state index in [-0.39, 0.29) is 0 Å². The molecule has 0 fully saturated rings. The Kier molecular flexibility index (Phi) is 5.58. The van der Waals surface area contributed by atoms with Crippen LogP contribution < -0.4 is 0 Å². The van der Waals surface area contributed by atoms with Gasteiger partial charge in [0.2, 0.25) is 12.3 Å². The fraction of sp³-hybridized carbons (Fsp3) is 0.667. The van der Waals surface area contributed by atoms with E-state index in [0.717, 1.165) is 0 Å². The molecule has 0 aromatic rings. The van der Waals surface area contributed by atoms with E-state index in [9.17, 15) is 27.2 Å². The summed E-state index contributed by atoms with van der Waals surface area (Å²) in [6.45, 7) is -3.34. The molecule has 8 heteroatoms. The molecular formula is C6H6F4O4. The van der Waals surface area contributed by atoms with Gasteiger partial charge in [-0.05, 0) is 0 Å². The fourth-order valence-corrected chi connectivity index (χ4v) is 0.313. The highest BCUT2D eigenvalue weighted by Gasteiger charge is 2.25. The number of carbonyl (C=O) groups excluding carboxylic acids is 2. The highest BCUT2D eigenvalue weighted by Crippen LogP contribution is 2.00. The lowest BCUT2D eigenvalue weighted by molar-refractivity contribution is -0.266. The van der Waals surface area contributed by atoms with Crippen LogP contribution >= 0.6 is 0 Å². The molecule has 0 aliphatic heterocycles. The Hall–Kier alpha value is -1.34. The Morgan fingerprint density at radius 3 is 1.43 bits per heavy atom. The molecule has 0 rings (SSSR count). The van der Waals surface area contributed by atoms with Crippen molar-refractivity contribution >= 4 is 11.9 Å². The third-order valence-corrected chi connectivity index (χ3v) is 0.988. The molecule has 0 radical (unpaired) electrons. The maximum atomic E-state index is 12.1. The molecule has 0 heterocycles. The molecule has 82 valence electrons. The summed E-state index contributed by atoms with van der Waals surface area (Å²) in [5, 5.41) is 0. The van der Waals surface area contributed by atoms with Crippen molar-refractivity contribution in [2.24, 2.45) is 0 Å². The van der Waals surface area contributed by atoms with E-state index in [4.69, 9.17) is 0 Å². The zero-order chi connectivity index (χ0) is 11.1. The quantitative estimate of drug-likeness (QED) is 0.394. The minimum Gasteiger partial charge on any atom is -0.247 e. The highest BCUT2D eigenvalue weighted by molar-refractivity contribution is 5.77. The SMILES string of the molecule is O=C(OOC(=O)C(F)CF)C(F)CF. The van der Waals surface area contributed by atoms with Gasteiger partial charge < -0.3 is 0 Å². The summed E-state index contributed by atoms with van der Waals surface area (Å²) in [5.41, 5.74) is 0. The summed E-state index contributed by atoms with van der Waals surface area (Å²) in [4.78, 5) is 27.3. The molecule has 0 saturated heterocycles. The number of carbonyl (C=O) groups is 2. The first-order chi connectivity index (χ1) is 6.52. The van der Waals surface area contributed by atoms with Crippen LogP contribution in [0.1, 0.15) is 0 Å². The van der Waals surface area contributed by atoms with Crippen LogP contribution in [-0.4, -0.2) is 37.6 Å². The summed E-state index contributed by atoms with van der Waals surface area (Å²) >= 11 is 0. The Balaban J connectivity index is 3.83. The van der Waals surface area contributed by atoms with E-state index in [0.29, 0.717) is 0 Å². The van der Waals surface area contributed by atoms with Crippen molar-refractivity contribution in [3.05, 3.63) is 0 Å². The van der Waals surface area contributed by atoms with Gasteiger partial charge in [0.1, 0.15) is 13.3 Å². The van der Waals surface area contributed by atoms with Gasteiger partial charge in [-0.15, -0.1) is 0 Å². The molecule has 0 spiro atoms. The fourth-order valence-electron chi connectivity index (χ4n) is 0.313. The predicted octanol–water partition coefficient (Wildman–Crippen LogP) is 0.603. The van der Waals surface area contributed by atoms with Crippen molar-refractivity contribution in [3.8, 4) is 0 Å². The lowest BCUT2D eigenvalue weighted by atomic mass is 10.4. The summed E-state index contributed by atoms with van der Waals surface area (Å²) in [5.74, 6) is -3.65. The Morgan fingerprint density at radius 1 is 0.929 bits per heavy atom. The number of hydrogen-bond donors (Lipinski definition) is 0. The molecule has 0 aliphatic rings. The van der Waals surface area contributed by atoms with Gasteiger partial charge in [0, 0.05) is 0 Å². The Morgan fingerprint density at radius 2 is 1.21 bits per heavy atom. The largest absolute Gasteiger partial charge is 0.392 e. The zero-order valence-electron chi connectivity index (χ0n) is 6.71. The van der Waals surface area contributed by atoms with Crippen LogP contribution in [0.3, 0.4) is 0 Å². The second kappa shape index (κ2) is 6.17. The number of hydrogen-bond acceptors (Lipinski definition) is 4. The minimum atomic E-state index is -2.62. The molecule has 2 atom stereocenters. The molecule has 0 bridgehead atoms. The Labute approximate surface area is 75.7 Å². The molecule has 0 N–H and O–H groups in total. The summed E-state index contributed by atoms with van der Waals surface area (Å²) < 4.78 is 47.0. The standard InChI is InChI=1S/C6H6F4O4/c7-1-3(9)5(11)13-14-6(12)4(10)2-8/h3-4H,1-2H2. The van der Waals surface area contributed by atoms with Gasteiger partial charge >= 0.3 is 11.9 Å². The van der Waals surface area contributed by atoms with Crippen LogP contribution in [0.4, 0.5) is 17.6 Å². The molecule has 0 aliphatic carbocycles. The van der Waals surface area contributed by atoms with Gasteiger partial charge in [-0.3, -0.25) is 0 Å². The van der Waals surface area contributed by atoms with E-state index in [1.165, 1.54) is 0 Å². The van der Waals surface area contributed by atoms with Crippen LogP contribution in [0.25, 0.3) is 0 Å². The van der Waals surface area contributed by atoms with Crippen molar-refractivity contribution in [2.75, 3.05) is 13.3 Å². The second-order valence-electron chi connectivity index (χ2n) is 2.05. The second-order valence-corrected chi connectivity index (χ2v) is 2.05. The van der Waals surface area contributed by atoms with Crippen molar-refractivity contribution in [3.63, 3.8) is 0 Å². The van der Waals surface area contributed by atoms with Crippen molar-refractivity contribution < 1.29 is 36.9 Å². The molecule has 2 unspecified atom stereocenters. The van der Waals surface area contributed by atoms with Crippen LogP contribution in [0.5, 0.6) is 0 Å². The first kappa shape index (κ1) is 12.7. The van der Waals surface area contributed by atoms with Gasteiger partial charge in [0.15, 0.2) is 0 Å². The molecule has 0 saturated carbocycles. The molecule has 0 aromatic heterocycles. The van der Waals surface area contributed by atoms with Gasteiger partial charge in [0.25, 0.3) is 0 Å². The number of halogens is 4. The van der Waals surface area contributed by atoms with Crippen molar-refractivity contribution in [1.82, 2.24) is 0 Å². The maximum absolute atomic E-state index is 12.1. The van der Waals surface area contributed by atoms with Gasteiger partial charge in [-0.1, -0.05) is 0 Å². The number of rotatable bonds is 4. The molecule has 0 aromatic carbocycles. The normalized spacial score (nSPS) is 14.3. The van der Waals surface area contributed by atoms with Crippen molar-refractivity contribution in [1.29, 1.82) is 0 Å². The first-order valence-electron chi connectivity index (χ1n) is 3.35. The summed E-state index contributed by atoms with van der Waals surface area (Å²) in [7, 11) is 0. The van der Waals surface area contributed by atoms with E-state index in [1.54, 1.807) is 0 Å². The van der Waals surface area contributed by atoms with Gasteiger partial charge in [-0.25, -0.2) is 36.9 Å². The van der Waals surface area contributed by atoms with E-state index >= 15 is 0 Å². The van der Waals surface area contributed by atoms with Crippen LogP contribution in [0.15, 0.2) is 0 Å². The lowest BCUT2D eigenvalue weighted by Crippen LogP contribution is -2.26. The van der Waals surface area contributed by atoms with E-state index in [2.05, 4.69) is 9.78 Å². The average Bonchev–Trinajstić information content (AvgIpc) is 2.22. The molecular weight excluding hydrogens is 212 g/mol. The minimum absolute atomic E-state index is 1.67. The Bertz CT molecular complexity index is 188. The van der Waals surface area contributed by atoms with Gasteiger partial charge in [0.05, 0.1) is 0 Å². The first-order valence-corrected chi connectivity index (χ1v) is 3.35. The zero-order valence-corrected chi connectivity index (χ0v) is 6.71. The van der Waals surface area contributed by atoms with Crippen molar-refractivity contribution in [2.45, 2.75) is 12.3 Å². The topological polar surface area (TPSA) is 52.6 Å². The third-order valence-electron chi connectivity index (χ3n) is 0.988. The van der Waals surface area contributed by atoms with Crippen LogP contribution in [-0.2, 0) is 19.4 Å². The smallest absolute Gasteiger partial charge is 0.247 e. The van der Waals surface area contributed by atoms with Crippen LogP contribution in [0.2, 0.25) is 0 Å². The predicted molar refractivity (Wildman–Crippen MR) is 33.9 cm³/mol. The van der Waals surface area contributed by atoms with Gasteiger partial charge in [-0.2, -0.15) is 0 Å². The van der Waals surface area contributed by atoms with E-state index in [1.807, 2.05) is 0 Å². The van der Waals surface area contributed by atoms with Crippen LogP contribution in [0, 0.1) is 0 Å². The summed E-state index contributed by atoms with van der Waals surface area (Å²) in [6, 6.07) is 0. The molecule has 0 amide bonds. The highest BCUT2D eigenvalue weighted by atomic mass is 19.2.